The molecular weight excluding hydrogens is 1100 g/mol. The van der Waals surface area contributed by atoms with E-state index in [1.165, 1.54) is 148 Å². The zero-order valence-corrected chi connectivity index (χ0v) is 54.9. The molecule has 5 atom stereocenters. The third-order valence-electron chi connectivity index (χ3n) is 14.9. The molecular formula is C64H124O17P2. The molecule has 0 aliphatic heterocycles. The van der Waals surface area contributed by atoms with Gasteiger partial charge in [0.25, 0.3) is 0 Å². The second-order valence-corrected chi connectivity index (χ2v) is 26.1. The van der Waals surface area contributed by atoms with Crippen molar-refractivity contribution >= 4 is 39.5 Å². The Morgan fingerprint density at radius 3 is 0.711 bits per heavy atom. The average molecular weight is 1230 g/mol. The van der Waals surface area contributed by atoms with E-state index < -0.39 is 97.5 Å². The molecule has 0 saturated carbocycles. The molecule has 0 saturated heterocycles. The van der Waals surface area contributed by atoms with Crippen LogP contribution in [0.4, 0.5) is 0 Å². The number of rotatable bonds is 65. The molecule has 0 aromatic heterocycles. The molecule has 0 heterocycles. The molecule has 19 heteroatoms. The fraction of sp³-hybridized carbons (Fsp3) is 0.938. The van der Waals surface area contributed by atoms with Crippen LogP contribution in [0.5, 0.6) is 0 Å². The van der Waals surface area contributed by atoms with Gasteiger partial charge in [-0.05, 0) is 25.7 Å². The monoisotopic (exact) mass is 1230 g/mol. The second kappa shape index (κ2) is 59.0. The van der Waals surface area contributed by atoms with Gasteiger partial charge in [-0.15, -0.1) is 0 Å². The van der Waals surface area contributed by atoms with Gasteiger partial charge in [0.1, 0.15) is 19.3 Å². The molecule has 0 fully saturated rings. The molecule has 0 aliphatic rings. The van der Waals surface area contributed by atoms with Gasteiger partial charge in [0.15, 0.2) is 12.2 Å². The topological polar surface area (TPSA) is 237 Å². The van der Waals surface area contributed by atoms with Crippen LogP contribution in [0.15, 0.2) is 0 Å². The predicted octanol–water partition coefficient (Wildman–Crippen LogP) is 17.9. The van der Waals surface area contributed by atoms with Crippen molar-refractivity contribution in [2.45, 2.75) is 348 Å². The maximum absolute atomic E-state index is 13.0. The van der Waals surface area contributed by atoms with E-state index in [0.29, 0.717) is 25.7 Å². The second-order valence-electron chi connectivity index (χ2n) is 23.2. The summed E-state index contributed by atoms with van der Waals surface area (Å²) in [5, 5.41) is 10.5. The Kier molecular flexibility index (Phi) is 57.7. The number of carbonyl (C=O) groups is 4. The summed E-state index contributed by atoms with van der Waals surface area (Å²) in [7, 11) is -9.88. The lowest BCUT2D eigenvalue weighted by atomic mass is 10.0. The van der Waals surface area contributed by atoms with E-state index in [1.54, 1.807) is 0 Å². The van der Waals surface area contributed by atoms with Crippen LogP contribution in [0.1, 0.15) is 329 Å². The van der Waals surface area contributed by atoms with Gasteiger partial charge in [0, 0.05) is 25.7 Å². The first-order valence-corrected chi connectivity index (χ1v) is 36.8. The summed E-state index contributed by atoms with van der Waals surface area (Å²) in [5.41, 5.74) is 0. The summed E-state index contributed by atoms with van der Waals surface area (Å²) in [6.45, 7) is 4.86. The van der Waals surface area contributed by atoms with Crippen LogP contribution in [0.2, 0.25) is 0 Å². The van der Waals surface area contributed by atoms with Gasteiger partial charge in [-0.25, -0.2) is 9.13 Å². The van der Waals surface area contributed by atoms with Crippen LogP contribution >= 0.6 is 15.6 Å². The minimum Gasteiger partial charge on any atom is -0.462 e. The van der Waals surface area contributed by atoms with E-state index in [4.69, 9.17) is 37.0 Å². The molecule has 0 spiro atoms. The molecule has 17 nitrogen and oxygen atoms in total. The van der Waals surface area contributed by atoms with Crippen molar-refractivity contribution in [3.63, 3.8) is 0 Å². The smallest absolute Gasteiger partial charge is 0.462 e. The van der Waals surface area contributed by atoms with Crippen LogP contribution in [-0.2, 0) is 65.4 Å². The largest absolute Gasteiger partial charge is 0.472 e. The number of hydrogen-bond donors (Lipinski definition) is 3. The van der Waals surface area contributed by atoms with Gasteiger partial charge < -0.3 is 33.8 Å². The lowest BCUT2D eigenvalue weighted by molar-refractivity contribution is -0.161. The Morgan fingerprint density at radius 2 is 0.482 bits per heavy atom. The normalized spacial score (nSPS) is 14.2. The average Bonchev–Trinajstić information content (AvgIpc) is 3.47. The van der Waals surface area contributed by atoms with Gasteiger partial charge in [0.05, 0.1) is 26.4 Å². The summed E-state index contributed by atoms with van der Waals surface area (Å²) in [6.07, 6.45) is 44.4. The van der Waals surface area contributed by atoms with E-state index in [2.05, 4.69) is 27.7 Å². The lowest BCUT2D eigenvalue weighted by Gasteiger charge is -2.21. The number of aliphatic hydroxyl groups excluding tert-OH is 1. The summed E-state index contributed by atoms with van der Waals surface area (Å²) < 4.78 is 67.9. The van der Waals surface area contributed by atoms with E-state index in [-0.39, 0.29) is 25.7 Å². The SMILES string of the molecule is CCCCCCCCCCCCCCCC(=O)O[C@H](COC(=O)CCCCCCCCCCCCCC)COP(=O)(O)OC[C@@H](O)COP(=O)(O)OC[C@@H](COC(=O)CCCCCCCCC)OC(=O)CCCCCCCCCCCCC. The van der Waals surface area contributed by atoms with Crippen molar-refractivity contribution in [2.75, 3.05) is 39.6 Å². The molecule has 0 aliphatic carbocycles. The van der Waals surface area contributed by atoms with E-state index >= 15 is 0 Å². The van der Waals surface area contributed by atoms with Gasteiger partial charge >= 0.3 is 39.5 Å². The summed E-state index contributed by atoms with van der Waals surface area (Å²) >= 11 is 0. The van der Waals surface area contributed by atoms with Crippen molar-refractivity contribution in [3.8, 4) is 0 Å². The maximum atomic E-state index is 13.0. The Bertz CT molecular complexity index is 1600. The fourth-order valence-electron chi connectivity index (χ4n) is 9.63. The molecule has 0 aromatic carbocycles. The molecule has 3 N–H and O–H groups in total. The minimum atomic E-state index is -4.94. The highest BCUT2D eigenvalue weighted by molar-refractivity contribution is 7.47. The molecule has 0 aromatic rings. The first kappa shape index (κ1) is 81.1. The number of hydrogen-bond acceptors (Lipinski definition) is 15. The molecule has 0 radical (unpaired) electrons. The van der Waals surface area contributed by atoms with E-state index in [9.17, 15) is 43.2 Å². The van der Waals surface area contributed by atoms with Crippen molar-refractivity contribution < 1.29 is 80.2 Å². The Balaban J connectivity index is 5.21. The van der Waals surface area contributed by atoms with E-state index in [0.717, 1.165) is 103 Å². The van der Waals surface area contributed by atoms with Gasteiger partial charge in [-0.3, -0.25) is 37.3 Å². The highest BCUT2D eigenvalue weighted by Crippen LogP contribution is 2.45. The Labute approximate surface area is 505 Å². The van der Waals surface area contributed by atoms with Crippen LogP contribution in [0.3, 0.4) is 0 Å². The number of phosphoric ester groups is 2. The van der Waals surface area contributed by atoms with Crippen LogP contribution in [0.25, 0.3) is 0 Å². The molecule has 0 bridgehead atoms. The zero-order valence-electron chi connectivity index (χ0n) is 53.2. The number of unbranched alkanes of at least 4 members (excludes halogenated alkanes) is 39. The van der Waals surface area contributed by atoms with Gasteiger partial charge in [-0.1, -0.05) is 278 Å². The Morgan fingerprint density at radius 1 is 0.289 bits per heavy atom. The third-order valence-corrected chi connectivity index (χ3v) is 16.8. The first-order chi connectivity index (χ1) is 40.2. The molecule has 0 rings (SSSR count). The molecule has 492 valence electrons. The summed E-state index contributed by atoms with van der Waals surface area (Å²) in [4.78, 5) is 72.1. The lowest BCUT2D eigenvalue weighted by Crippen LogP contribution is -2.30. The third kappa shape index (κ3) is 58.8. The highest BCUT2D eigenvalue weighted by atomic mass is 31.2. The van der Waals surface area contributed by atoms with Crippen LogP contribution in [-0.4, -0.2) is 96.7 Å². The standard InChI is InChI=1S/C64H124O17P2/c1-5-9-13-17-21-24-27-29-32-35-39-43-47-51-64(69)81-60(55-75-62(67)49-45-41-37-33-31-28-25-22-18-14-10-6-2)57-79-83(72,73)77-53-58(65)52-76-82(70,71)78-56-59(54-74-61(66)48-44-40-36-20-16-12-8-4)80-63(68)50-46-42-38-34-30-26-23-19-15-11-7-3/h58-60,65H,5-57H2,1-4H3,(H,70,71)(H,72,73)/t58-,59+,60+/m0/s1. The van der Waals surface area contributed by atoms with Gasteiger partial charge in [-0.2, -0.15) is 0 Å². The fourth-order valence-corrected chi connectivity index (χ4v) is 11.2. The number of phosphoric acid groups is 2. The number of aliphatic hydroxyl groups is 1. The Hall–Kier alpha value is -1.94. The molecule has 83 heavy (non-hydrogen) atoms. The van der Waals surface area contributed by atoms with Crippen molar-refractivity contribution in [2.24, 2.45) is 0 Å². The maximum Gasteiger partial charge on any atom is 0.472 e. The number of esters is 4. The first-order valence-electron chi connectivity index (χ1n) is 33.8. The number of ether oxygens (including phenoxy) is 4. The highest BCUT2D eigenvalue weighted by Gasteiger charge is 2.30. The van der Waals surface area contributed by atoms with Crippen molar-refractivity contribution in [1.29, 1.82) is 0 Å². The van der Waals surface area contributed by atoms with Crippen LogP contribution in [0, 0.1) is 0 Å². The van der Waals surface area contributed by atoms with Crippen LogP contribution < -0.4 is 0 Å². The van der Waals surface area contributed by atoms with Gasteiger partial charge in [0.2, 0.25) is 0 Å². The van der Waals surface area contributed by atoms with Crippen molar-refractivity contribution in [3.05, 3.63) is 0 Å². The summed E-state index contributed by atoms with van der Waals surface area (Å²) in [5.74, 6) is -2.13. The minimum absolute atomic E-state index is 0.107. The molecule has 2 unspecified atom stereocenters. The molecule has 0 amide bonds. The summed E-state index contributed by atoms with van der Waals surface area (Å²) in [6, 6.07) is 0. The quantitative estimate of drug-likeness (QED) is 0.0222. The van der Waals surface area contributed by atoms with E-state index in [1.807, 2.05) is 0 Å². The zero-order chi connectivity index (χ0) is 61.2. The number of carbonyl (C=O) groups excluding carboxylic acids is 4. The van der Waals surface area contributed by atoms with Crippen molar-refractivity contribution in [1.82, 2.24) is 0 Å². The predicted molar refractivity (Wildman–Crippen MR) is 331 cm³/mol.